The number of carbonyl (C=O) groups is 14. The summed E-state index contributed by atoms with van der Waals surface area (Å²) in [7, 11) is 0. The molecule has 0 radical (unpaired) electrons. The fourth-order valence-corrected chi connectivity index (χ4v) is 12.0. The Bertz CT molecular complexity index is 3160. The minimum Gasteiger partial charge on any atom is -0.458 e. The van der Waals surface area contributed by atoms with Gasteiger partial charge >= 0.3 is 5.97 Å². The number of hydrogen-bond acceptors (Lipinski definition) is 17. The van der Waals surface area contributed by atoms with E-state index in [-0.39, 0.29) is 69.1 Å². The van der Waals surface area contributed by atoms with Gasteiger partial charge in [0.15, 0.2) is 0 Å². The highest BCUT2D eigenvalue weighted by Crippen LogP contribution is 2.23. The van der Waals surface area contributed by atoms with Crippen molar-refractivity contribution in [2.45, 2.75) is 280 Å². The van der Waals surface area contributed by atoms with Crippen LogP contribution >= 0.6 is 0 Å². The molecule has 17 atom stereocenters. The molecule has 30 nitrogen and oxygen atoms in total. The van der Waals surface area contributed by atoms with E-state index in [1.54, 1.807) is 127 Å². The van der Waals surface area contributed by atoms with Crippen LogP contribution < -0.4 is 69.5 Å². The van der Waals surface area contributed by atoms with E-state index in [2.05, 4.69) is 63.8 Å². The molecule has 2 heterocycles. The van der Waals surface area contributed by atoms with E-state index in [1.165, 1.54) is 31.7 Å². The van der Waals surface area contributed by atoms with Crippen molar-refractivity contribution in [1.82, 2.24) is 68.7 Å². The number of benzene rings is 1. The zero-order valence-electron chi connectivity index (χ0n) is 65.2. The first-order chi connectivity index (χ1) is 49.3. The lowest BCUT2D eigenvalue weighted by Gasteiger charge is -2.33. The van der Waals surface area contributed by atoms with Crippen molar-refractivity contribution in [3.8, 4) is 0 Å². The first kappa shape index (κ1) is 90.7. The Morgan fingerprint density at radius 3 is 1.69 bits per heavy atom. The molecule has 30 heteroatoms. The molecule has 2 aliphatic rings. The summed E-state index contributed by atoms with van der Waals surface area (Å²) in [5.74, 6) is -15.2. The summed E-state index contributed by atoms with van der Waals surface area (Å²) in [5, 5.41) is 43.2. The third-order valence-corrected chi connectivity index (χ3v) is 19.6. The summed E-state index contributed by atoms with van der Waals surface area (Å²) in [6.45, 7) is 31.7. The van der Waals surface area contributed by atoms with Gasteiger partial charge in [0, 0.05) is 19.4 Å². The Labute approximate surface area is 620 Å². The quantitative estimate of drug-likeness (QED) is 0.0353. The molecule has 13 amide bonds. The summed E-state index contributed by atoms with van der Waals surface area (Å²) in [6, 6.07) is -7.67. The topological polar surface area (TPSA) is 442 Å². The van der Waals surface area contributed by atoms with Crippen LogP contribution in [0.3, 0.4) is 0 Å². The number of aliphatic hydroxyl groups excluding tert-OH is 1. The number of cyclic esters (lactones) is 1. The largest absolute Gasteiger partial charge is 0.458 e. The zero-order chi connectivity index (χ0) is 79.4. The molecule has 1 aromatic rings. The molecule has 0 aromatic heterocycles. The van der Waals surface area contributed by atoms with Crippen LogP contribution in [0, 0.1) is 47.3 Å². The average molecular weight is 1480 g/mol. The van der Waals surface area contributed by atoms with Gasteiger partial charge in [-0.3, -0.25) is 62.3 Å². The monoisotopic (exact) mass is 1480 g/mol. The molecule has 0 unspecified atom stereocenters. The van der Waals surface area contributed by atoms with E-state index in [0.717, 1.165) is 6.42 Å². The number of esters is 1. The molecule has 3 rings (SSSR count). The summed E-state index contributed by atoms with van der Waals surface area (Å²) in [5.41, 5.74) is 6.34. The Balaban J connectivity index is 2.00. The Morgan fingerprint density at radius 1 is 0.610 bits per heavy atom. The second-order valence-electron chi connectivity index (χ2n) is 30.0. The summed E-state index contributed by atoms with van der Waals surface area (Å²) in [4.78, 5) is 202. The van der Waals surface area contributed by atoms with Crippen LogP contribution in [0.4, 0.5) is 0 Å². The Hall–Kier alpha value is -8.54. The molecule has 0 spiro atoms. The molecular weight excluding hydrogens is 1350 g/mol. The number of amides is 13. The van der Waals surface area contributed by atoms with E-state index < -0.39 is 203 Å². The number of aliphatic hydroxyl groups is 1. The van der Waals surface area contributed by atoms with Crippen molar-refractivity contribution in [2.75, 3.05) is 13.1 Å². The molecule has 0 aliphatic carbocycles. The number of nitrogens with one attached hydrogen (secondary N) is 12. The highest BCUT2D eigenvalue weighted by atomic mass is 16.5. The third kappa shape index (κ3) is 27.4. The molecule has 0 saturated carbocycles. The standard InChI is InChI=1S/C75H124N14O16/c1-20-43(15)33-34-53(91)80-54(38(5)6)68(97)87-61(46(18)90)72(101)82-56(40(9)10)69(98)83-57(41(11)12)74(103)89-36-28-32-52(89)66(95)78-50(31-27-35-76)64(93)85-59(44(16)21-2)71(100)88-62-47(19)105-75(104)58(42(13)14)84-63(92)49(23-4)77-65(94)51(37-48-29-25-24-26-30-48)79-67(96)55(39(7)8)81-70(99)60(45(17)22-3)86-73(62)102/h23-26,29-30,38-47,50-52,54-62,90H,20-22,27-28,31-37,76H2,1-19H3,(H,77,94)(H,78,95)(H,79,96)(H,80,91)(H,81,99)(H,82,101)(H,83,98)(H,84,92)(H,85,93)(H,86,102)(H,87,97)(H,88,100)/b49-23-/t43-,44-,45-,46-,47+,50-,51-,52+,54+,55+,56-,57-,58-,59+,60+,61-,62-/m0/s1. The smallest absolute Gasteiger partial charge is 0.329 e. The van der Waals surface area contributed by atoms with Gasteiger partial charge in [-0.25, -0.2) is 4.79 Å². The summed E-state index contributed by atoms with van der Waals surface area (Å²) < 4.78 is 5.96. The van der Waals surface area contributed by atoms with E-state index in [9.17, 15) is 62.6 Å². The number of likely N-dealkylation sites (tertiary alicyclic amines) is 1. The van der Waals surface area contributed by atoms with Crippen molar-refractivity contribution in [2.24, 2.45) is 53.1 Å². The molecule has 15 N–H and O–H groups in total. The van der Waals surface area contributed by atoms with Crippen LogP contribution in [-0.4, -0.2) is 191 Å². The van der Waals surface area contributed by atoms with Crippen LogP contribution in [0.15, 0.2) is 42.1 Å². The van der Waals surface area contributed by atoms with Gasteiger partial charge in [0.2, 0.25) is 70.9 Å². The minimum absolute atomic E-state index is 0.0355. The minimum atomic E-state index is -1.83. The highest BCUT2D eigenvalue weighted by molar-refractivity contribution is 6.03. The molecule has 2 aliphatic heterocycles. The van der Waals surface area contributed by atoms with E-state index in [0.29, 0.717) is 24.8 Å². The number of carbonyl (C=O) groups excluding carboxylic acids is 14. The predicted octanol–water partition coefficient (Wildman–Crippen LogP) is 1.84. The van der Waals surface area contributed by atoms with Gasteiger partial charge in [-0.05, 0) is 112 Å². The number of hydrogen-bond donors (Lipinski definition) is 14. The van der Waals surface area contributed by atoms with Crippen molar-refractivity contribution in [3.05, 3.63) is 47.7 Å². The van der Waals surface area contributed by atoms with Crippen molar-refractivity contribution in [1.29, 1.82) is 0 Å². The lowest BCUT2D eigenvalue weighted by atomic mass is 9.95. The predicted molar refractivity (Wildman–Crippen MR) is 395 cm³/mol. The maximum atomic E-state index is 15.0. The summed E-state index contributed by atoms with van der Waals surface area (Å²) in [6.07, 6.45) is 1.08. The zero-order valence-corrected chi connectivity index (χ0v) is 65.2. The second-order valence-corrected chi connectivity index (χ2v) is 30.0. The first-order valence-electron chi connectivity index (χ1n) is 37.5. The van der Waals surface area contributed by atoms with Gasteiger partial charge in [-0.15, -0.1) is 0 Å². The fourth-order valence-electron chi connectivity index (χ4n) is 12.0. The van der Waals surface area contributed by atoms with Crippen molar-refractivity contribution < 1.29 is 77.0 Å². The Morgan fingerprint density at radius 2 is 1.15 bits per heavy atom. The maximum absolute atomic E-state index is 15.0. The van der Waals surface area contributed by atoms with Crippen LogP contribution in [0.2, 0.25) is 0 Å². The van der Waals surface area contributed by atoms with Crippen LogP contribution in [0.25, 0.3) is 0 Å². The number of ether oxygens (including phenoxy) is 1. The van der Waals surface area contributed by atoms with Crippen LogP contribution in [-0.2, 0) is 78.3 Å². The second kappa shape index (κ2) is 43.8. The molecule has 105 heavy (non-hydrogen) atoms. The molecule has 2 fully saturated rings. The van der Waals surface area contributed by atoms with E-state index >= 15 is 9.59 Å². The van der Waals surface area contributed by atoms with Gasteiger partial charge in [0.1, 0.15) is 84.3 Å². The molecular formula is C75H124N14O16. The van der Waals surface area contributed by atoms with Gasteiger partial charge in [-0.1, -0.05) is 166 Å². The molecule has 2 saturated heterocycles. The van der Waals surface area contributed by atoms with Gasteiger partial charge < -0.3 is 84.3 Å². The molecule has 590 valence electrons. The number of allylic oxidation sites excluding steroid dienone is 1. The fraction of sp³-hybridized carbons (Fsp3) is 0.707. The number of nitrogens with two attached hydrogens (primary N) is 1. The lowest BCUT2D eigenvalue weighted by Crippen LogP contribution is -2.64. The lowest BCUT2D eigenvalue weighted by molar-refractivity contribution is -0.157. The Kier molecular flexibility index (Phi) is 37.8. The van der Waals surface area contributed by atoms with E-state index in [1.807, 2.05) is 13.8 Å². The van der Waals surface area contributed by atoms with Crippen molar-refractivity contribution >= 4 is 82.8 Å². The number of rotatable bonds is 33. The van der Waals surface area contributed by atoms with Gasteiger partial charge in [0.05, 0.1) is 6.10 Å². The average Bonchev–Trinajstić information content (AvgIpc) is 1.80. The van der Waals surface area contributed by atoms with E-state index in [4.69, 9.17) is 10.5 Å². The maximum Gasteiger partial charge on any atom is 0.329 e. The third-order valence-electron chi connectivity index (χ3n) is 19.6. The van der Waals surface area contributed by atoms with Crippen LogP contribution in [0.5, 0.6) is 0 Å². The van der Waals surface area contributed by atoms with Crippen LogP contribution in [0.1, 0.15) is 195 Å². The van der Waals surface area contributed by atoms with Crippen molar-refractivity contribution in [3.63, 3.8) is 0 Å². The van der Waals surface area contributed by atoms with Gasteiger partial charge in [0.25, 0.3) is 5.91 Å². The molecule has 1 aromatic carbocycles. The number of nitrogens with zero attached hydrogens (tertiary/aromatic N) is 1. The highest BCUT2D eigenvalue weighted by Gasteiger charge is 2.44. The SMILES string of the molecule is C/C=C1\NC(=O)[C@H](Cc2ccccc2)NC(=O)[C@@H](C(C)C)NC(=O)[C@@H]([C@@H](C)CC)NC(=O)[C@@H](NC(=O)[C@H](NC(=O)[C@H](CCCN)NC(=O)[C@H]2CCCN2C(=O)[C@@H](NC(=O)[C@@H](NC(=O)[C@@H](NC(=O)[C@H](NC(=O)CC[C@@H](C)CC)C(C)C)[C@H](C)O)C(C)C)C(C)C)[C@@H](C)CC)[C@@H](C)OC(=O)[C@H](C(C)C)NC1=O. The normalized spacial score (nSPS) is 22.8. The first-order valence-corrected chi connectivity index (χ1v) is 37.5. The van der Waals surface area contributed by atoms with Gasteiger partial charge in [-0.2, -0.15) is 0 Å². The summed E-state index contributed by atoms with van der Waals surface area (Å²) >= 11 is 0. The molecule has 0 bridgehead atoms.